The van der Waals surface area contributed by atoms with Crippen molar-refractivity contribution in [3.63, 3.8) is 0 Å². The molecule has 0 saturated heterocycles. The number of thioether (sulfide) groups is 1. The van der Waals surface area contributed by atoms with Gasteiger partial charge in [-0.1, -0.05) is 6.92 Å². The van der Waals surface area contributed by atoms with E-state index in [9.17, 15) is 13.2 Å². The van der Waals surface area contributed by atoms with E-state index in [2.05, 4.69) is 4.98 Å². The van der Waals surface area contributed by atoms with Gasteiger partial charge in [-0.2, -0.15) is 13.2 Å². The Morgan fingerprint density at radius 2 is 2.12 bits per heavy atom. The first kappa shape index (κ1) is 13.3. The SMILES string of the molecule is CC(CO)CSc1ccc(C(F)(F)F)cn1. The molecule has 0 radical (unpaired) electrons. The second kappa shape index (κ2) is 5.54. The van der Waals surface area contributed by atoms with Crippen LogP contribution in [0, 0.1) is 5.92 Å². The van der Waals surface area contributed by atoms with Crippen LogP contribution in [0.5, 0.6) is 0 Å². The Morgan fingerprint density at radius 1 is 1.44 bits per heavy atom. The van der Waals surface area contributed by atoms with E-state index in [1.54, 1.807) is 0 Å². The first-order valence-electron chi connectivity index (χ1n) is 4.70. The van der Waals surface area contributed by atoms with Crippen LogP contribution in [0.4, 0.5) is 13.2 Å². The minimum absolute atomic E-state index is 0.0631. The molecule has 1 aromatic heterocycles. The maximum atomic E-state index is 12.2. The van der Waals surface area contributed by atoms with Crippen molar-refractivity contribution in [2.75, 3.05) is 12.4 Å². The molecule has 6 heteroatoms. The van der Waals surface area contributed by atoms with Crippen LogP contribution in [0.2, 0.25) is 0 Å². The molecule has 0 amide bonds. The molecule has 90 valence electrons. The Balaban J connectivity index is 2.58. The molecule has 0 aliphatic rings. The lowest BCUT2D eigenvalue weighted by Crippen LogP contribution is -2.06. The summed E-state index contributed by atoms with van der Waals surface area (Å²) in [4.78, 5) is 3.71. The lowest BCUT2D eigenvalue weighted by molar-refractivity contribution is -0.137. The van der Waals surface area contributed by atoms with E-state index >= 15 is 0 Å². The van der Waals surface area contributed by atoms with Crippen LogP contribution in [0.3, 0.4) is 0 Å². The Hall–Kier alpha value is -0.750. The average molecular weight is 251 g/mol. The number of hydrogen-bond acceptors (Lipinski definition) is 3. The zero-order chi connectivity index (χ0) is 12.2. The quantitative estimate of drug-likeness (QED) is 0.835. The van der Waals surface area contributed by atoms with E-state index in [0.717, 1.165) is 12.3 Å². The highest BCUT2D eigenvalue weighted by atomic mass is 32.2. The number of aromatic nitrogens is 1. The number of pyridine rings is 1. The Labute approximate surface area is 95.9 Å². The molecule has 1 N–H and O–H groups in total. The van der Waals surface area contributed by atoms with E-state index in [4.69, 9.17) is 5.11 Å². The Morgan fingerprint density at radius 3 is 2.56 bits per heavy atom. The summed E-state index contributed by atoms with van der Waals surface area (Å²) >= 11 is 1.33. The van der Waals surface area contributed by atoms with Gasteiger partial charge in [-0.05, 0) is 18.1 Å². The summed E-state index contributed by atoms with van der Waals surface area (Å²) in [5.41, 5.74) is -0.743. The third-order valence-electron chi connectivity index (χ3n) is 1.89. The van der Waals surface area contributed by atoms with Gasteiger partial charge in [0.05, 0.1) is 10.6 Å². The highest BCUT2D eigenvalue weighted by Gasteiger charge is 2.30. The van der Waals surface area contributed by atoms with Gasteiger partial charge in [0.25, 0.3) is 0 Å². The summed E-state index contributed by atoms with van der Waals surface area (Å²) < 4.78 is 36.6. The molecule has 0 fully saturated rings. The third-order valence-corrected chi connectivity index (χ3v) is 3.16. The van der Waals surface area contributed by atoms with Crippen molar-refractivity contribution >= 4 is 11.8 Å². The van der Waals surface area contributed by atoms with Crippen LogP contribution in [0.1, 0.15) is 12.5 Å². The van der Waals surface area contributed by atoms with Crippen LogP contribution >= 0.6 is 11.8 Å². The van der Waals surface area contributed by atoms with Gasteiger partial charge in [0.2, 0.25) is 0 Å². The summed E-state index contributed by atoms with van der Waals surface area (Å²) in [6.07, 6.45) is -3.51. The predicted octanol–water partition coefficient (Wildman–Crippen LogP) is 2.82. The van der Waals surface area contributed by atoms with Crippen molar-refractivity contribution in [2.24, 2.45) is 5.92 Å². The molecular formula is C10H12F3NOS. The van der Waals surface area contributed by atoms with Gasteiger partial charge in [-0.25, -0.2) is 4.98 Å². The summed E-state index contributed by atoms with van der Waals surface area (Å²) in [6, 6.07) is 2.36. The van der Waals surface area contributed by atoms with Gasteiger partial charge < -0.3 is 5.11 Å². The predicted molar refractivity (Wildman–Crippen MR) is 56.2 cm³/mol. The van der Waals surface area contributed by atoms with Crippen molar-refractivity contribution in [2.45, 2.75) is 18.1 Å². The number of hydrogen-bond donors (Lipinski definition) is 1. The second-order valence-corrected chi connectivity index (χ2v) is 4.52. The van der Waals surface area contributed by atoms with E-state index in [1.807, 2.05) is 6.92 Å². The van der Waals surface area contributed by atoms with E-state index in [-0.39, 0.29) is 12.5 Å². The van der Waals surface area contributed by atoms with Crippen molar-refractivity contribution in [1.29, 1.82) is 0 Å². The molecule has 1 rings (SSSR count). The number of nitrogens with zero attached hydrogens (tertiary/aromatic N) is 1. The van der Waals surface area contributed by atoms with E-state index < -0.39 is 11.7 Å². The second-order valence-electron chi connectivity index (χ2n) is 3.48. The molecule has 2 nitrogen and oxygen atoms in total. The molecule has 1 aromatic rings. The first-order chi connectivity index (χ1) is 7.43. The maximum absolute atomic E-state index is 12.2. The van der Waals surface area contributed by atoms with Gasteiger partial charge in [0.15, 0.2) is 0 Å². The van der Waals surface area contributed by atoms with Crippen LogP contribution in [-0.2, 0) is 6.18 Å². The van der Waals surface area contributed by atoms with Crippen LogP contribution in [0.25, 0.3) is 0 Å². The number of halogens is 3. The molecule has 0 aliphatic heterocycles. The molecule has 0 spiro atoms. The number of aliphatic hydroxyl groups excluding tert-OH is 1. The number of rotatable bonds is 4. The van der Waals surface area contributed by atoms with Gasteiger partial charge in [0.1, 0.15) is 0 Å². The normalized spacial score (nSPS) is 13.8. The van der Waals surface area contributed by atoms with E-state index in [1.165, 1.54) is 17.8 Å². The number of alkyl halides is 3. The van der Waals surface area contributed by atoms with Crippen LogP contribution in [-0.4, -0.2) is 22.5 Å². The highest BCUT2D eigenvalue weighted by molar-refractivity contribution is 7.99. The lowest BCUT2D eigenvalue weighted by Gasteiger charge is -2.08. The van der Waals surface area contributed by atoms with Crippen molar-refractivity contribution in [3.8, 4) is 0 Å². The highest BCUT2D eigenvalue weighted by Crippen LogP contribution is 2.29. The fraction of sp³-hybridized carbons (Fsp3) is 0.500. The molecule has 1 heterocycles. The Kier molecular flexibility index (Phi) is 4.61. The monoisotopic (exact) mass is 251 g/mol. The van der Waals surface area contributed by atoms with Gasteiger partial charge in [-0.15, -0.1) is 11.8 Å². The minimum Gasteiger partial charge on any atom is -0.396 e. The standard InChI is InChI=1S/C10H12F3NOS/c1-7(5-15)6-16-9-3-2-8(4-14-9)10(11,12)13/h2-4,7,15H,5-6H2,1H3. The molecule has 0 saturated carbocycles. The van der Waals surface area contributed by atoms with E-state index in [0.29, 0.717) is 10.8 Å². The van der Waals surface area contributed by atoms with Crippen molar-refractivity contribution in [3.05, 3.63) is 23.9 Å². The summed E-state index contributed by atoms with van der Waals surface area (Å²) in [5, 5.41) is 9.32. The van der Waals surface area contributed by atoms with Crippen LogP contribution in [0.15, 0.2) is 23.4 Å². The average Bonchev–Trinajstić information content (AvgIpc) is 2.25. The zero-order valence-corrected chi connectivity index (χ0v) is 9.48. The molecular weight excluding hydrogens is 239 g/mol. The lowest BCUT2D eigenvalue weighted by atomic mass is 10.2. The zero-order valence-electron chi connectivity index (χ0n) is 8.66. The third kappa shape index (κ3) is 4.02. The minimum atomic E-state index is -4.34. The smallest absolute Gasteiger partial charge is 0.396 e. The van der Waals surface area contributed by atoms with Gasteiger partial charge in [0, 0.05) is 18.6 Å². The topological polar surface area (TPSA) is 33.1 Å². The summed E-state index contributed by atoms with van der Waals surface area (Å²) in [6.45, 7) is 1.92. The van der Waals surface area contributed by atoms with Crippen molar-refractivity contribution in [1.82, 2.24) is 4.98 Å². The molecule has 16 heavy (non-hydrogen) atoms. The fourth-order valence-corrected chi connectivity index (χ4v) is 1.77. The molecule has 0 aromatic carbocycles. The fourth-order valence-electron chi connectivity index (χ4n) is 0.914. The summed E-state index contributed by atoms with van der Waals surface area (Å²) in [5.74, 6) is 0.739. The van der Waals surface area contributed by atoms with Crippen LogP contribution < -0.4 is 0 Å². The molecule has 0 bridgehead atoms. The van der Waals surface area contributed by atoms with Gasteiger partial charge in [-0.3, -0.25) is 0 Å². The molecule has 1 unspecified atom stereocenters. The number of aliphatic hydroxyl groups is 1. The first-order valence-corrected chi connectivity index (χ1v) is 5.69. The summed E-state index contributed by atoms with van der Waals surface area (Å²) in [7, 11) is 0. The van der Waals surface area contributed by atoms with Crippen molar-refractivity contribution < 1.29 is 18.3 Å². The Bertz CT molecular complexity index is 326. The maximum Gasteiger partial charge on any atom is 0.417 e. The molecule has 1 atom stereocenters. The largest absolute Gasteiger partial charge is 0.417 e. The molecule has 0 aliphatic carbocycles. The van der Waals surface area contributed by atoms with Gasteiger partial charge >= 0.3 is 6.18 Å².